The number of nitrogens with zero attached hydrogens (tertiary/aromatic N) is 2. The molecule has 0 fully saturated rings. The molecule has 1 heterocycles. The zero-order chi connectivity index (χ0) is 14.8. The third-order valence-electron chi connectivity index (χ3n) is 3.27. The van der Waals surface area contributed by atoms with Crippen molar-refractivity contribution in [2.75, 3.05) is 6.54 Å². The SMILES string of the molecule is CC(C)(C)c1ccc(C(=O)c2cn(CCN)cn2)cc1. The van der Waals surface area contributed by atoms with Crippen molar-refractivity contribution in [3.05, 3.63) is 53.6 Å². The standard InChI is InChI=1S/C16H21N3O/c1-16(2,3)13-6-4-12(5-7-13)15(20)14-10-19(9-8-17)11-18-14/h4-7,10-11H,8-9,17H2,1-3H3. The summed E-state index contributed by atoms with van der Waals surface area (Å²) in [7, 11) is 0. The number of carbonyl (C=O) groups is 1. The lowest BCUT2D eigenvalue weighted by molar-refractivity contribution is 0.103. The molecule has 0 radical (unpaired) electrons. The minimum Gasteiger partial charge on any atom is -0.335 e. The van der Waals surface area contributed by atoms with Crippen molar-refractivity contribution >= 4 is 5.78 Å². The minimum atomic E-state index is -0.0544. The fourth-order valence-electron chi connectivity index (χ4n) is 2.02. The molecule has 0 spiro atoms. The summed E-state index contributed by atoms with van der Waals surface area (Å²) in [6.45, 7) is 7.66. The first-order valence-electron chi connectivity index (χ1n) is 6.79. The number of rotatable bonds is 4. The average Bonchev–Trinajstić information content (AvgIpc) is 2.86. The van der Waals surface area contributed by atoms with Crippen LogP contribution in [0.1, 0.15) is 42.4 Å². The zero-order valence-electron chi connectivity index (χ0n) is 12.3. The Hall–Kier alpha value is -1.94. The fraction of sp³-hybridized carbons (Fsp3) is 0.375. The van der Waals surface area contributed by atoms with Gasteiger partial charge in [-0.15, -0.1) is 0 Å². The fourth-order valence-corrected chi connectivity index (χ4v) is 2.02. The van der Waals surface area contributed by atoms with Crippen LogP contribution in [-0.2, 0) is 12.0 Å². The van der Waals surface area contributed by atoms with Crippen molar-refractivity contribution in [1.29, 1.82) is 0 Å². The van der Waals surface area contributed by atoms with Crippen molar-refractivity contribution in [1.82, 2.24) is 9.55 Å². The number of imidazole rings is 1. The Bertz CT molecular complexity index is 591. The van der Waals surface area contributed by atoms with Crippen molar-refractivity contribution < 1.29 is 4.79 Å². The van der Waals surface area contributed by atoms with Crippen LogP contribution in [0.4, 0.5) is 0 Å². The first-order valence-corrected chi connectivity index (χ1v) is 6.79. The van der Waals surface area contributed by atoms with Crippen molar-refractivity contribution in [3.8, 4) is 0 Å². The summed E-state index contributed by atoms with van der Waals surface area (Å²) in [5.74, 6) is -0.0544. The van der Waals surface area contributed by atoms with Crippen LogP contribution in [0.15, 0.2) is 36.8 Å². The molecule has 4 nitrogen and oxygen atoms in total. The van der Waals surface area contributed by atoms with Crippen LogP contribution in [0, 0.1) is 0 Å². The van der Waals surface area contributed by atoms with Gasteiger partial charge < -0.3 is 10.3 Å². The molecule has 4 heteroatoms. The second-order valence-electron chi connectivity index (χ2n) is 5.94. The van der Waals surface area contributed by atoms with Gasteiger partial charge in [0.2, 0.25) is 5.78 Å². The molecule has 0 bridgehead atoms. The largest absolute Gasteiger partial charge is 0.335 e. The number of aromatic nitrogens is 2. The second-order valence-corrected chi connectivity index (χ2v) is 5.94. The predicted molar refractivity (Wildman–Crippen MR) is 79.9 cm³/mol. The van der Waals surface area contributed by atoms with E-state index in [-0.39, 0.29) is 11.2 Å². The van der Waals surface area contributed by atoms with Crippen LogP contribution in [0.25, 0.3) is 0 Å². The summed E-state index contributed by atoms with van der Waals surface area (Å²) >= 11 is 0. The third-order valence-corrected chi connectivity index (χ3v) is 3.27. The molecule has 2 aromatic rings. The molecule has 0 aliphatic heterocycles. The lowest BCUT2D eigenvalue weighted by Gasteiger charge is -2.18. The summed E-state index contributed by atoms with van der Waals surface area (Å²) in [5, 5.41) is 0. The van der Waals surface area contributed by atoms with Crippen LogP contribution in [0.2, 0.25) is 0 Å². The normalized spacial score (nSPS) is 11.6. The zero-order valence-corrected chi connectivity index (χ0v) is 12.3. The highest BCUT2D eigenvalue weighted by molar-refractivity contribution is 6.07. The molecule has 20 heavy (non-hydrogen) atoms. The number of ketones is 1. The van der Waals surface area contributed by atoms with E-state index >= 15 is 0 Å². The third kappa shape index (κ3) is 3.14. The smallest absolute Gasteiger partial charge is 0.212 e. The first-order chi connectivity index (χ1) is 9.41. The van der Waals surface area contributed by atoms with Gasteiger partial charge in [0.1, 0.15) is 5.69 Å². The summed E-state index contributed by atoms with van der Waals surface area (Å²) in [5.41, 5.74) is 7.90. The maximum absolute atomic E-state index is 12.3. The lowest BCUT2D eigenvalue weighted by atomic mass is 9.86. The number of benzene rings is 1. The van der Waals surface area contributed by atoms with E-state index < -0.39 is 0 Å². The Morgan fingerprint density at radius 1 is 1.25 bits per heavy atom. The Kier molecular flexibility index (Phi) is 4.04. The highest BCUT2D eigenvalue weighted by Gasteiger charge is 2.16. The van der Waals surface area contributed by atoms with Gasteiger partial charge in [-0.3, -0.25) is 4.79 Å². The van der Waals surface area contributed by atoms with Crippen LogP contribution >= 0.6 is 0 Å². The molecule has 0 aliphatic rings. The van der Waals surface area contributed by atoms with E-state index in [0.29, 0.717) is 24.3 Å². The van der Waals surface area contributed by atoms with Crippen LogP contribution in [-0.4, -0.2) is 21.9 Å². The summed E-state index contributed by atoms with van der Waals surface area (Å²) in [4.78, 5) is 16.5. The molecule has 1 aromatic heterocycles. The second kappa shape index (κ2) is 5.59. The van der Waals surface area contributed by atoms with E-state index in [1.165, 1.54) is 5.56 Å². The van der Waals surface area contributed by atoms with Gasteiger partial charge in [-0.25, -0.2) is 4.98 Å². The summed E-state index contributed by atoms with van der Waals surface area (Å²) in [6, 6.07) is 7.74. The lowest BCUT2D eigenvalue weighted by Crippen LogP contribution is -2.11. The molecule has 0 unspecified atom stereocenters. The molecule has 0 amide bonds. The van der Waals surface area contributed by atoms with E-state index in [4.69, 9.17) is 5.73 Å². The van der Waals surface area contributed by atoms with Gasteiger partial charge in [-0.05, 0) is 11.0 Å². The van der Waals surface area contributed by atoms with Crippen LogP contribution in [0.5, 0.6) is 0 Å². The Morgan fingerprint density at radius 2 is 1.90 bits per heavy atom. The van der Waals surface area contributed by atoms with Crippen LogP contribution in [0.3, 0.4) is 0 Å². The first kappa shape index (κ1) is 14.5. The molecule has 2 rings (SSSR count). The van der Waals surface area contributed by atoms with Gasteiger partial charge in [-0.2, -0.15) is 0 Å². The summed E-state index contributed by atoms with van der Waals surface area (Å²) in [6.07, 6.45) is 3.39. The molecule has 0 atom stereocenters. The van der Waals surface area contributed by atoms with Gasteiger partial charge in [0.15, 0.2) is 0 Å². The quantitative estimate of drug-likeness (QED) is 0.868. The van der Waals surface area contributed by atoms with E-state index in [0.717, 1.165) is 0 Å². The Balaban J connectivity index is 2.20. The van der Waals surface area contributed by atoms with E-state index in [1.54, 1.807) is 12.5 Å². The van der Waals surface area contributed by atoms with Gasteiger partial charge in [0.25, 0.3) is 0 Å². The van der Waals surface area contributed by atoms with E-state index in [9.17, 15) is 4.79 Å². The number of hydrogen-bond acceptors (Lipinski definition) is 3. The minimum absolute atomic E-state index is 0.0544. The van der Waals surface area contributed by atoms with Crippen molar-refractivity contribution in [2.45, 2.75) is 32.7 Å². The van der Waals surface area contributed by atoms with Gasteiger partial charge in [-0.1, -0.05) is 45.0 Å². The van der Waals surface area contributed by atoms with Gasteiger partial charge in [0, 0.05) is 24.8 Å². The molecule has 0 saturated carbocycles. The molecule has 0 saturated heterocycles. The molecule has 106 valence electrons. The number of hydrogen-bond donors (Lipinski definition) is 1. The molecular formula is C16H21N3O. The average molecular weight is 271 g/mol. The topological polar surface area (TPSA) is 60.9 Å². The van der Waals surface area contributed by atoms with Gasteiger partial charge in [0.05, 0.1) is 6.33 Å². The monoisotopic (exact) mass is 271 g/mol. The Morgan fingerprint density at radius 3 is 2.45 bits per heavy atom. The highest BCUT2D eigenvalue weighted by atomic mass is 16.1. The van der Waals surface area contributed by atoms with Crippen molar-refractivity contribution in [2.24, 2.45) is 5.73 Å². The predicted octanol–water partition coefficient (Wildman–Crippen LogP) is 2.37. The van der Waals surface area contributed by atoms with Gasteiger partial charge >= 0.3 is 0 Å². The number of carbonyl (C=O) groups excluding carboxylic acids is 1. The maximum atomic E-state index is 12.3. The highest BCUT2D eigenvalue weighted by Crippen LogP contribution is 2.22. The van der Waals surface area contributed by atoms with Crippen LogP contribution < -0.4 is 5.73 Å². The summed E-state index contributed by atoms with van der Waals surface area (Å²) < 4.78 is 1.83. The molecular weight excluding hydrogens is 250 g/mol. The van der Waals surface area contributed by atoms with E-state index in [2.05, 4.69) is 25.8 Å². The molecule has 0 aliphatic carbocycles. The Labute approximate surface area is 119 Å². The van der Waals surface area contributed by atoms with Crippen molar-refractivity contribution in [3.63, 3.8) is 0 Å². The molecule has 2 N–H and O–H groups in total. The molecule has 1 aromatic carbocycles. The maximum Gasteiger partial charge on any atom is 0.212 e. The van der Waals surface area contributed by atoms with E-state index in [1.807, 2.05) is 28.8 Å². The number of nitrogens with two attached hydrogens (primary N) is 1.